The summed E-state index contributed by atoms with van der Waals surface area (Å²) in [5.41, 5.74) is 3.57. The Bertz CT molecular complexity index is 1120. The van der Waals surface area contributed by atoms with Crippen LogP contribution >= 0.6 is 23.1 Å². The van der Waals surface area contributed by atoms with E-state index in [1.165, 1.54) is 23.1 Å². The molecule has 1 atom stereocenters. The molecule has 1 amide bonds. The molecule has 2 aromatic heterocycles. The molecule has 0 bridgehead atoms. The Hall–Kier alpha value is -2.63. The van der Waals surface area contributed by atoms with E-state index in [1.807, 2.05) is 38.1 Å². The predicted octanol–water partition coefficient (Wildman–Crippen LogP) is 4.57. The van der Waals surface area contributed by atoms with Crippen molar-refractivity contribution < 1.29 is 9.53 Å². The number of thiazole rings is 1. The largest absolute Gasteiger partial charge is 0.494 e. The normalized spacial score (nSPS) is 13.7. The number of thioether (sulfide) groups is 1. The first kappa shape index (κ1) is 19.7. The first-order chi connectivity index (χ1) is 14.1. The highest BCUT2D eigenvalue weighted by Crippen LogP contribution is 2.32. The highest BCUT2D eigenvalue weighted by molar-refractivity contribution is 8.00. The Morgan fingerprint density at radius 1 is 1.38 bits per heavy atom. The van der Waals surface area contributed by atoms with Crippen molar-refractivity contribution in [1.29, 1.82) is 5.26 Å². The number of hydrogen-bond acceptors (Lipinski definition) is 7. The molecule has 6 nitrogen and oxygen atoms in total. The van der Waals surface area contributed by atoms with Crippen LogP contribution in [-0.2, 0) is 17.6 Å². The molecular weight excluding hydrogens is 404 g/mol. The van der Waals surface area contributed by atoms with Crippen molar-refractivity contribution in [2.24, 2.45) is 0 Å². The standard InChI is InChI=1S/C21H20N4O2S2/c1-3-27-15-7-8-17-18(10-15)29-21(24-17)25-19(26)12(2)28-20-14(11-22)9-13-5-4-6-16(13)23-20/h7-10,12H,3-6H2,1-2H3,(H,24,25,26). The summed E-state index contributed by atoms with van der Waals surface area (Å²) in [5.74, 6) is 0.627. The number of nitriles is 1. The molecule has 0 saturated heterocycles. The highest BCUT2D eigenvalue weighted by atomic mass is 32.2. The second-order valence-electron chi connectivity index (χ2n) is 6.74. The highest BCUT2D eigenvalue weighted by Gasteiger charge is 2.22. The molecule has 3 aromatic rings. The Morgan fingerprint density at radius 2 is 2.24 bits per heavy atom. The lowest BCUT2D eigenvalue weighted by Gasteiger charge is -2.12. The van der Waals surface area contributed by atoms with Crippen LogP contribution in [0, 0.1) is 11.3 Å². The third kappa shape index (κ3) is 4.21. The summed E-state index contributed by atoms with van der Waals surface area (Å²) in [6, 6.07) is 9.83. The average molecular weight is 425 g/mol. The van der Waals surface area contributed by atoms with Crippen molar-refractivity contribution in [3.8, 4) is 11.8 Å². The van der Waals surface area contributed by atoms with E-state index in [9.17, 15) is 10.1 Å². The van der Waals surface area contributed by atoms with E-state index >= 15 is 0 Å². The van der Waals surface area contributed by atoms with Gasteiger partial charge in [0.2, 0.25) is 5.91 Å². The molecule has 2 heterocycles. The molecule has 29 heavy (non-hydrogen) atoms. The van der Waals surface area contributed by atoms with E-state index < -0.39 is 5.25 Å². The minimum atomic E-state index is -0.403. The third-order valence-electron chi connectivity index (χ3n) is 4.69. The summed E-state index contributed by atoms with van der Waals surface area (Å²) < 4.78 is 6.47. The van der Waals surface area contributed by atoms with Crippen LogP contribution in [0.25, 0.3) is 10.2 Å². The lowest BCUT2D eigenvalue weighted by Crippen LogP contribution is -2.22. The van der Waals surface area contributed by atoms with Crippen molar-refractivity contribution in [3.05, 3.63) is 41.1 Å². The molecule has 0 saturated carbocycles. The van der Waals surface area contributed by atoms with Gasteiger partial charge in [-0.3, -0.25) is 4.79 Å². The minimum absolute atomic E-state index is 0.162. The van der Waals surface area contributed by atoms with Gasteiger partial charge in [0.1, 0.15) is 16.8 Å². The molecule has 0 spiro atoms. The SMILES string of the molecule is CCOc1ccc2nc(NC(=O)C(C)Sc3nc4c(cc3C#N)CCC4)sc2c1. The number of benzene rings is 1. The van der Waals surface area contributed by atoms with Gasteiger partial charge in [-0.15, -0.1) is 0 Å². The van der Waals surface area contributed by atoms with Gasteiger partial charge in [0.05, 0.1) is 27.6 Å². The number of pyridine rings is 1. The molecule has 4 rings (SSSR count). The molecular formula is C21H20N4O2S2. The van der Waals surface area contributed by atoms with Gasteiger partial charge in [-0.1, -0.05) is 23.1 Å². The number of aromatic nitrogens is 2. The molecule has 8 heteroatoms. The smallest absolute Gasteiger partial charge is 0.239 e. The number of amides is 1. The van der Waals surface area contributed by atoms with Crippen molar-refractivity contribution in [1.82, 2.24) is 9.97 Å². The Balaban J connectivity index is 1.47. The van der Waals surface area contributed by atoms with Gasteiger partial charge in [-0.05, 0) is 62.9 Å². The maximum Gasteiger partial charge on any atom is 0.239 e. The monoisotopic (exact) mass is 424 g/mol. The molecule has 1 N–H and O–H groups in total. The number of carbonyl (C=O) groups is 1. The van der Waals surface area contributed by atoms with Crippen LogP contribution in [0.3, 0.4) is 0 Å². The molecule has 0 fully saturated rings. The number of nitrogens with one attached hydrogen (secondary N) is 1. The summed E-state index contributed by atoms with van der Waals surface area (Å²) in [7, 11) is 0. The number of nitrogens with zero attached hydrogens (tertiary/aromatic N) is 3. The topological polar surface area (TPSA) is 87.9 Å². The van der Waals surface area contributed by atoms with Crippen LogP contribution in [0.15, 0.2) is 29.3 Å². The molecule has 0 radical (unpaired) electrons. The number of rotatable bonds is 6. The molecule has 1 unspecified atom stereocenters. The zero-order valence-electron chi connectivity index (χ0n) is 16.2. The fourth-order valence-electron chi connectivity index (χ4n) is 3.27. The van der Waals surface area contributed by atoms with Crippen molar-refractivity contribution in [2.75, 3.05) is 11.9 Å². The van der Waals surface area contributed by atoms with E-state index in [-0.39, 0.29) is 5.91 Å². The van der Waals surface area contributed by atoms with Crippen LogP contribution in [0.1, 0.15) is 37.1 Å². The zero-order chi connectivity index (χ0) is 20.4. The molecule has 1 aromatic carbocycles. The molecule has 1 aliphatic rings. The maximum absolute atomic E-state index is 12.7. The summed E-state index contributed by atoms with van der Waals surface area (Å²) in [4.78, 5) is 21.8. The van der Waals surface area contributed by atoms with Gasteiger partial charge in [-0.2, -0.15) is 5.26 Å². The number of hydrogen-bond donors (Lipinski definition) is 1. The van der Waals surface area contributed by atoms with Gasteiger partial charge in [-0.25, -0.2) is 9.97 Å². The minimum Gasteiger partial charge on any atom is -0.494 e. The van der Waals surface area contributed by atoms with E-state index in [4.69, 9.17) is 4.74 Å². The Labute approximate surface area is 177 Å². The van der Waals surface area contributed by atoms with Crippen LogP contribution in [0.4, 0.5) is 5.13 Å². The summed E-state index contributed by atoms with van der Waals surface area (Å²) in [6.45, 7) is 4.36. The van der Waals surface area contributed by atoms with Gasteiger partial charge < -0.3 is 10.1 Å². The van der Waals surface area contributed by atoms with E-state index in [1.54, 1.807) is 0 Å². The van der Waals surface area contributed by atoms with Crippen LogP contribution < -0.4 is 10.1 Å². The first-order valence-corrected chi connectivity index (χ1v) is 11.2. The Kier molecular flexibility index (Phi) is 5.69. The number of fused-ring (bicyclic) bond motifs is 2. The number of ether oxygens (including phenoxy) is 1. The van der Waals surface area contributed by atoms with Crippen LogP contribution in [-0.4, -0.2) is 27.7 Å². The fraction of sp³-hybridized carbons (Fsp3) is 0.333. The van der Waals surface area contributed by atoms with E-state index in [2.05, 4.69) is 21.4 Å². The quantitative estimate of drug-likeness (QED) is 0.583. The molecule has 148 valence electrons. The molecule has 1 aliphatic carbocycles. The van der Waals surface area contributed by atoms with Crippen molar-refractivity contribution in [3.63, 3.8) is 0 Å². The van der Waals surface area contributed by atoms with Crippen molar-refractivity contribution >= 4 is 44.4 Å². The van der Waals surface area contributed by atoms with Gasteiger partial charge >= 0.3 is 0 Å². The van der Waals surface area contributed by atoms with Crippen molar-refractivity contribution in [2.45, 2.75) is 43.4 Å². The number of carbonyl (C=O) groups excluding carboxylic acids is 1. The van der Waals surface area contributed by atoms with Crippen LogP contribution in [0.2, 0.25) is 0 Å². The first-order valence-electron chi connectivity index (χ1n) is 9.51. The average Bonchev–Trinajstić information content (AvgIpc) is 3.32. The Morgan fingerprint density at radius 3 is 3.03 bits per heavy atom. The van der Waals surface area contributed by atoms with Gasteiger partial charge in [0, 0.05) is 5.69 Å². The van der Waals surface area contributed by atoms with Gasteiger partial charge in [0.25, 0.3) is 0 Å². The predicted molar refractivity (Wildman–Crippen MR) is 116 cm³/mol. The lowest BCUT2D eigenvalue weighted by molar-refractivity contribution is -0.115. The zero-order valence-corrected chi connectivity index (χ0v) is 17.8. The summed E-state index contributed by atoms with van der Waals surface area (Å²) in [6.07, 6.45) is 2.98. The third-order valence-corrected chi connectivity index (χ3v) is 6.73. The van der Waals surface area contributed by atoms with Crippen LogP contribution in [0.5, 0.6) is 5.75 Å². The van der Waals surface area contributed by atoms with E-state index in [0.29, 0.717) is 22.3 Å². The maximum atomic E-state index is 12.7. The number of aryl methyl sites for hydroxylation is 2. The summed E-state index contributed by atoms with van der Waals surface area (Å²) >= 11 is 2.73. The second kappa shape index (κ2) is 8.39. The fourth-order valence-corrected chi connectivity index (χ4v) is 5.06. The molecule has 0 aliphatic heterocycles. The van der Waals surface area contributed by atoms with Gasteiger partial charge in [0.15, 0.2) is 5.13 Å². The second-order valence-corrected chi connectivity index (χ2v) is 9.10. The van der Waals surface area contributed by atoms with E-state index in [0.717, 1.165) is 46.5 Å². The number of anilines is 1. The lowest BCUT2D eigenvalue weighted by atomic mass is 10.2. The summed E-state index contributed by atoms with van der Waals surface area (Å²) in [5, 5.41) is 13.1.